The van der Waals surface area contributed by atoms with Crippen molar-refractivity contribution in [3.05, 3.63) is 77.5 Å². The van der Waals surface area contributed by atoms with Crippen LogP contribution in [0, 0.1) is 0 Å². The van der Waals surface area contributed by atoms with Gasteiger partial charge in [0.05, 0.1) is 28.4 Å². The Morgan fingerprint density at radius 2 is 1.55 bits per heavy atom. The van der Waals surface area contributed by atoms with Crippen LogP contribution in [0.3, 0.4) is 0 Å². The molecule has 2 aromatic heterocycles. The van der Waals surface area contributed by atoms with Crippen molar-refractivity contribution in [3.8, 4) is 5.82 Å². The Labute approximate surface area is 181 Å². The Balaban J connectivity index is 1.59. The molecule has 170 valence electrons. The fourth-order valence-electron chi connectivity index (χ4n) is 3.00. The third kappa shape index (κ3) is 4.76. The Kier molecular flexibility index (Phi) is 5.47. The van der Waals surface area contributed by atoms with E-state index in [1.165, 1.54) is 6.20 Å². The highest BCUT2D eigenvalue weighted by Gasteiger charge is 2.36. The summed E-state index contributed by atoms with van der Waals surface area (Å²) in [4.78, 5) is 24.9. The summed E-state index contributed by atoms with van der Waals surface area (Å²) < 4.78 is 79.2. The molecule has 0 saturated carbocycles. The van der Waals surface area contributed by atoms with Gasteiger partial charge in [0.1, 0.15) is 6.33 Å². The number of rotatable bonds is 4. The molecule has 0 atom stereocenters. The van der Waals surface area contributed by atoms with Crippen molar-refractivity contribution in [1.29, 1.82) is 0 Å². The molecule has 33 heavy (non-hydrogen) atoms. The van der Waals surface area contributed by atoms with Crippen LogP contribution in [0.4, 0.5) is 26.3 Å². The van der Waals surface area contributed by atoms with Gasteiger partial charge in [-0.05, 0) is 35.9 Å². The van der Waals surface area contributed by atoms with Gasteiger partial charge in [-0.2, -0.15) is 36.1 Å². The number of hydrogen-bond donors (Lipinski definition) is 1. The number of aromatic nitrogens is 5. The van der Waals surface area contributed by atoms with E-state index in [9.17, 15) is 31.1 Å². The topological polar surface area (TPSA) is 85.6 Å². The smallest absolute Gasteiger partial charge is 0.345 e. The van der Waals surface area contributed by atoms with Crippen molar-refractivity contribution in [3.63, 3.8) is 0 Å². The van der Waals surface area contributed by atoms with Crippen molar-refractivity contribution >= 4 is 16.9 Å². The molecule has 0 saturated heterocycles. The molecule has 0 aliphatic heterocycles. The number of nitrogens with one attached hydrogen (secondary N) is 1. The third-order valence-corrected chi connectivity index (χ3v) is 4.50. The number of para-hydroxylation sites is 2. The minimum Gasteiger partial charge on any atom is -0.345 e. The lowest BCUT2D eigenvalue weighted by atomic mass is 10.0. The van der Waals surface area contributed by atoms with Crippen LogP contribution in [0.2, 0.25) is 0 Å². The number of carbonyl (C=O) groups is 1. The number of amides is 1. The molecular weight excluding hydrogens is 454 g/mol. The quantitative estimate of drug-likeness (QED) is 0.456. The second-order valence-electron chi connectivity index (χ2n) is 6.81. The molecule has 2 aromatic carbocycles. The maximum absolute atomic E-state index is 13.0. The molecule has 0 radical (unpaired) electrons. The summed E-state index contributed by atoms with van der Waals surface area (Å²) in [7, 11) is 0. The largest absolute Gasteiger partial charge is 0.416 e. The minimum atomic E-state index is -4.99. The lowest BCUT2D eigenvalue weighted by molar-refractivity contribution is -0.143. The fraction of sp³-hybridized carbons (Fsp3) is 0.150. The van der Waals surface area contributed by atoms with Crippen LogP contribution in [0.15, 0.2) is 55.0 Å². The third-order valence-electron chi connectivity index (χ3n) is 4.50. The molecule has 0 fully saturated rings. The Hall–Kier alpha value is -4.03. The number of halogens is 6. The Bertz CT molecular complexity index is 1300. The summed E-state index contributed by atoms with van der Waals surface area (Å²) >= 11 is 0. The van der Waals surface area contributed by atoms with Crippen molar-refractivity contribution in [2.24, 2.45) is 0 Å². The molecule has 1 N–H and O–H groups in total. The van der Waals surface area contributed by atoms with Gasteiger partial charge < -0.3 is 5.32 Å². The fourth-order valence-corrected chi connectivity index (χ4v) is 3.00. The van der Waals surface area contributed by atoms with Crippen molar-refractivity contribution < 1.29 is 31.1 Å². The number of nitrogens with zero attached hydrogens (tertiary/aromatic N) is 5. The molecule has 0 bridgehead atoms. The maximum Gasteiger partial charge on any atom is 0.416 e. The molecule has 2 heterocycles. The van der Waals surface area contributed by atoms with Gasteiger partial charge in [0.15, 0.2) is 5.82 Å². The van der Waals surface area contributed by atoms with Gasteiger partial charge >= 0.3 is 12.4 Å². The summed E-state index contributed by atoms with van der Waals surface area (Å²) in [5.74, 6) is -1.01. The first-order valence-electron chi connectivity index (χ1n) is 9.21. The predicted molar refractivity (Wildman–Crippen MR) is 102 cm³/mol. The first kappa shape index (κ1) is 22.2. The van der Waals surface area contributed by atoms with Crippen LogP contribution in [-0.4, -0.2) is 30.6 Å². The predicted octanol–water partition coefficient (Wildman–Crippen LogP) is 4.18. The highest BCUT2D eigenvalue weighted by Crippen LogP contribution is 2.36. The second-order valence-corrected chi connectivity index (χ2v) is 6.81. The van der Waals surface area contributed by atoms with E-state index in [0.29, 0.717) is 23.2 Å². The van der Waals surface area contributed by atoms with E-state index in [2.05, 4.69) is 25.4 Å². The zero-order valence-corrected chi connectivity index (χ0v) is 16.3. The van der Waals surface area contributed by atoms with Gasteiger partial charge in [0.2, 0.25) is 5.82 Å². The number of fused-ring (bicyclic) bond motifs is 1. The average molecular weight is 466 g/mol. The van der Waals surface area contributed by atoms with Crippen molar-refractivity contribution in [2.75, 3.05) is 0 Å². The summed E-state index contributed by atoms with van der Waals surface area (Å²) in [5.41, 5.74) is -2.23. The Morgan fingerprint density at radius 3 is 2.18 bits per heavy atom. The Morgan fingerprint density at radius 1 is 0.909 bits per heavy atom. The molecular formula is C20H12F6N6O. The maximum atomic E-state index is 13.0. The van der Waals surface area contributed by atoms with Crippen molar-refractivity contribution in [1.82, 2.24) is 30.0 Å². The first-order valence-corrected chi connectivity index (χ1v) is 9.21. The molecule has 0 spiro atoms. The highest BCUT2D eigenvalue weighted by atomic mass is 19.4. The van der Waals surface area contributed by atoms with Crippen LogP contribution >= 0.6 is 0 Å². The van der Waals surface area contributed by atoms with Gasteiger partial charge in [-0.15, -0.1) is 0 Å². The number of hydrogen-bond acceptors (Lipinski definition) is 5. The van der Waals surface area contributed by atoms with Crippen LogP contribution in [0.25, 0.3) is 16.9 Å². The molecule has 13 heteroatoms. The zero-order chi connectivity index (χ0) is 23.8. The molecule has 7 nitrogen and oxygen atoms in total. The minimum absolute atomic E-state index is 0.0142. The monoisotopic (exact) mass is 466 g/mol. The lowest BCUT2D eigenvalue weighted by Crippen LogP contribution is -2.27. The van der Waals surface area contributed by atoms with Gasteiger partial charge in [-0.25, -0.2) is 9.97 Å². The van der Waals surface area contributed by atoms with E-state index >= 15 is 0 Å². The number of alkyl halides is 6. The van der Waals surface area contributed by atoms with Crippen molar-refractivity contribution in [2.45, 2.75) is 18.9 Å². The lowest BCUT2D eigenvalue weighted by Gasteiger charge is -2.14. The van der Waals surface area contributed by atoms with Crippen LogP contribution in [-0.2, 0) is 18.9 Å². The summed E-state index contributed by atoms with van der Waals surface area (Å²) in [6, 6.07) is 8.01. The molecule has 4 aromatic rings. The van der Waals surface area contributed by atoms with E-state index in [0.717, 1.165) is 11.0 Å². The normalized spacial score (nSPS) is 12.2. The van der Waals surface area contributed by atoms with Gasteiger partial charge in [0.25, 0.3) is 5.91 Å². The molecule has 0 unspecified atom stereocenters. The van der Waals surface area contributed by atoms with Crippen LogP contribution in [0.5, 0.6) is 0 Å². The standard InChI is InChI=1S/C20H12F6N6O/c21-19(22,23)12-5-11(6-13(7-12)20(24,25)26)8-28-18(33)17-29-10-30-32(17)16-9-27-14-3-1-2-4-15(14)31-16/h1-7,9-10H,8H2,(H,28,33). The van der Waals surface area contributed by atoms with Gasteiger partial charge in [-0.3, -0.25) is 9.78 Å². The molecule has 0 aliphatic rings. The van der Waals surface area contributed by atoms with Crippen LogP contribution < -0.4 is 5.32 Å². The average Bonchev–Trinajstić information content (AvgIpc) is 3.26. The molecule has 1 amide bonds. The summed E-state index contributed by atoms with van der Waals surface area (Å²) in [6.07, 6.45) is -7.59. The van der Waals surface area contributed by atoms with Gasteiger partial charge in [0, 0.05) is 6.54 Å². The first-order chi connectivity index (χ1) is 15.5. The van der Waals surface area contributed by atoms with E-state index in [1.807, 2.05) is 0 Å². The van der Waals surface area contributed by atoms with E-state index in [1.54, 1.807) is 24.3 Å². The number of carbonyl (C=O) groups excluding carboxylic acids is 1. The van der Waals surface area contributed by atoms with E-state index in [4.69, 9.17) is 0 Å². The molecule has 0 aliphatic carbocycles. The summed E-state index contributed by atoms with van der Waals surface area (Å²) in [6.45, 7) is -0.609. The SMILES string of the molecule is O=C(NCc1cc(C(F)(F)F)cc(C(F)(F)F)c1)c1ncnn1-c1cnc2ccccc2n1. The van der Waals surface area contributed by atoms with E-state index < -0.39 is 35.9 Å². The zero-order valence-electron chi connectivity index (χ0n) is 16.3. The molecule has 4 rings (SSSR count). The van der Waals surface area contributed by atoms with Gasteiger partial charge in [-0.1, -0.05) is 12.1 Å². The number of benzene rings is 2. The van der Waals surface area contributed by atoms with Crippen LogP contribution in [0.1, 0.15) is 27.3 Å². The highest BCUT2D eigenvalue weighted by molar-refractivity contribution is 5.91. The second kappa shape index (κ2) is 8.15. The van der Waals surface area contributed by atoms with E-state index in [-0.39, 0.29) is 23.3 Å². The summed E-state index contributed by atoms with van der Waals surface area (Å²) in [5, 5.41) is 6.17.